The van der Waals surface area contributed by atoms with Crippen LogP contribution in [0.2, 0.25) is 0 Å². The standard InChI is InChI=1S/C30H29N3O6/c1-30(2,3)39-29(37)33-16-18(19-12-13-31-15-26(19)33)14-25(27(34)35)32-28(36)38-17-24-22-10-6-4-8-20(22)21-9-5-7-11-23(21)24/h4-13,15-16,24-25H,14,17H2,1-3H3,(H,32,36)(H,34,35)/t25-/m0/s1. The molecule has 1 aliphatic carbocycles. The molecule has 4 aromatic rings. The van der Waals surface area contributed by atoms with Crippen molar-refractivity contribution < 1.29 is 29.0 Å². The Morgan fingerprint density at radius 2 is 1.67 bits per heavy atom. The van der Waals surface area contributed by atoms with Gasteiger partial charge in [-0.15, -0.1) is 0 Å². The molecule has 2 N–H and O–H groups in total. The van der Waals surface area contributed by atoms with Gasteiger partial charge in [-0.25, -0.2) is 14.4 Å². The highest BCUT2D eigenvalue weighted by Crippen LogP contribution is 2.44. The molecular formula is C30H29N3O6. The highest BCUT2D eigenvalue weighted by Gasteiger charge is 2.30. The van der Waals surface area contributed by atoms with Gasteiger partial charge < -0.3 is 19.9 Å². The van der Waals surface area contributed by atoms with Crippen molar-refractivity contribution in [3.8, 4) is 11.1 Å². The Kier molecular flexibility index (Phi) is 6.82. The van der Waals surface area contributed by atoms with Crippen LogP contribution in [-0.2, 0) is 20.7 Å². The Morgan fingerprint density at radius 3 is 2.28 bits per heavy atom. The van der Waals surface area contributed by atoms with Crippen molar-refractivity contribution >= 4 is 29.1 Å². The molecule has 9 nitrogen and oxygen atoms in total. The lowest BCUT2D eigenvalue weighted by atomic mass is 9.98. The van der Waals surface area contributed by atoms with Crippen molar-refractivity contribution in [2.75, 3.05) is 6.61 Å². The van der Waals surface area contributed by atoms with E-state index < -0.39 is 29.8 Å². The van der Waals surface area contributed by atoms with Gasteiger partial charge in [0.15, 0.2) is 0 Å². The molecule has 5 rings (SSSR count). The Morgan fingerprint density at radius 1 is 1.03 bits per heavy atom. The predicted octanol–water partition coefficient (Wildman–Crippen LogP) is 5.35. The van der Waals surface area contributed by atoms with Gasteiger partial charge in [0.25, 0.3) is 0 Å². The second kappa shape index (κ2) is 10.2. The van der Waals surface area contributed by atoms with Crippen LogP contribution in [0.3, 0.4) is 0 Å². The smallest absolute Gasteiger partial charge is 0.419 e. The van der Waals surface area contributed by atoms with Gasteiger partial charge >= 0.3 is 18.2 Å². The first kappa shape index (κ1) is 26.0. The van der Waals surface area contributed by atoms with E-state index in [0.29, 0.717) is 16.5 Å². The molecule has 0 bridgehead atoms. The number of nitrogens with one attached hydrogen (secondary N) is 1. The zero-order chi connectivity index (χ0) is 27.7. The highest BCUT2D eigenvalue weighted by atomic mass is 16.6. The van der Waals surface area contributed by atoms with E-state index in [1.54, 1.807) is 33.0 Å². The molecule has 0 saturated carbocycles. The highest BCUT2D eigenvalue weighted by molar-refractivity contribution is 5.92. The Bertz CT molecular complexity index is 1520. The average Bonchev–Trinajstić information content (AvgIpc) is 3.42. The number of ether oxygens (including phenoxy) is 2. The number of rotatable bonds is 6. The van der Waals surface area contributed by atoms with Gasteiger partial charge in [-0.1, -0.05) is 48.5 Å². The monoisotopic (exact) mass is 527 g/mol. The number of pyridine rings is 1. The summed E-state index contributed by atoms with van der Waals surface area (Å²) in [6.45, 7) is 5.34. The second-order valence-electron chi connectivity index (χ2n) is 10.5. The molecule has 0 aliphatic heterocycles. The summed E-state index contributed by atoms with van der Waals surface area (Å²) >= 11 is 0. The molecule has 2 aromatic carbocycles. The maximum atomic E-state index is 12.8. The van der Waals surface area contributed by atoms with Crippen molar-refractivity contribution in [1.29, 1.82) is 0 Å². The van der Waals surface area contributed by atoms with Crippen molar-refractivity contribution in [2.24, 2.45) is 0 Å². The van der Waals surface area contributed by atoms with Gasteiger partial charge in [-0.3, -0.25) is 9.55 Å². The summed E-state index contributed by atoms with van der Waals surface area (Å²) in [6.07, 6.45) is 3.08. The van der Waals surface area contributed by atoms with Gasteiger partial charge in [0.2, 0.25) is 0 Å². The van der Waals surface area contributed by atoms with Crippen LogP contribution in [0.1, 0.15) is 43.4 Å². The first-order chi connectivity index (χ1) is 18.6. The molecule has 0 unspecified atom stereocenters. The number of benzene rings is 2. The SMILES string of the molecule is CC(C)(C)OC(=O)n1cc(C[C@H](NC(=O)OCC2c3ccccc3-c3ccccc32)C(=O)O)c2ccncc21. The number of hydrogen-bond donors (Lipinski definition) is 2. The fourth-order valence-corrected chi connectivity index (χ4v) is 4.97. The van der Waals surface area contributed by atoms with Crippen LogP contribution < -0.4 is 5.32 Å². The third-order valence-corrected chi connectivity index (χ3v) is 6.64. The van der Waals surface area contributed by atoms with Crippen LogP contribution >= 0.6 is 0 Å². The zero-order valence-electron chi connectivity index (χ0n) is 21.9. The zero-order valence-corrected chi connectivity index (χ0v) is 21.9. The maximum Gasteiger partial charge on any atom is 0.419 e. The van der Waals surface area contributed by atoms with Gasteiger partial charge in [0, 0.05) is 30.1 Å². The van der Waals surface area contributed by atoms with E-state index in [1.165, 1.54) is 17.0 Å². The molecule has 2 heterocycles. The third-order valence-electron chi connectivity index (χ3n) is 6.64. The van der Waals surface area contributed by atoms with E-state index in [1.807, 2.05) is 48.5 Å². The topological polar surface area (TPSA) is 120 Å². The first-order valence-electron chi connectivity index (χ1n) is 12.6. The number of carboxylic acid groups (broad SMARTS) is 1. The fourth-order valence-electron chi connectivity index (χ4n) is 4.97. The minimum Gasteiger partial charge on any atom is -0.480 e. The van der Waals surface area contributed by atoms with Crippen LogP contribution in [0.4, 0.5) is 9.59 Å². The number of aromatic nitrogens is 2. The summed E-state index contributed by atoms with van der Waals surface area (Å²) in [7, 11) is 0. The van der Waals surface area contributed by atoms with Crippen LogP contribution in [0.25, 0.3) is 22.0 Å². The summed E-state index contributed by atoms with van der Waals surface area (Å²) < 4.78 is 12.3. The molecule has 0 radical (unpaired) electrons. The summed E-state index contributed by atoms with van der Waals surface area (Å²) in [5, 5.41) is 13.0. The van der Waals surface area contributed by atoms with Gasteiger partial charge in [0.1, 0.15) is 18.2 Å². The van der Waals surface area contributed by atoms with Crippen molar-refractivity contribution in [2.45, 2.75) is 44.8 Å². The molecule has 39 heavy (non-hydrogen) atoms. The van der Waals surface area contributed by atoms with Crippen molar-refractivity contribution in [3.05, 3.63) is 89.9 Å². The molecule has 0 spiro atoms. The molecule has 1 amide bonds. The van der Waals surface area contributed by atoms with Crippen LogP contribution in [-0.4, -0.2) is 51.1 Å². The molecular weight excluding hydrogens is 498 g/mol. The Balaban J connectivity index is 1.31. The molecule has 200 valence electrons. The number of carbonyl (C=O) groups excluding carboxylic acids is 2. The fraction of sp³-hybridized carbons (Fsp3) is 0.267. The molecule has 2 aromatic heterocycles. The minimum atomic E-state index is -1.29. The Labute approximate surface area is 225 Å². The van der Waals surface area contributed by atoms with E-state index in [4.69, 9.17) is 9.47 Å². The quantitative estimate of drug-likeness (QED) is 0.347. The molecule has 0 saturated heterocycles. The first-order valence-corrected chi connectivity index (χ1v) is 12.6. The second-order valence-corrected chi connectivity index (χ2v) is 10.5. The van der Waals surface area contributed by atoms with Crippen LogP contribution in [0, 0.1) is 0 Å². The van der Waals surface area contributed by atoms with E-state index >= 15 is 0 Å². The minimum absolute atomic E-state index is 0.0653. The summed E-state index contributed by atoms with van der Waals surface area (Å²) in [6, 6.07) is 16.3. The molecule has 1 aliphatic rings. The lowest BCUT2D eigenvalue weighted by Crippen LogP contribution is -2.42. The van der Waals surface area contributed by atoms with Crippen molar-refractivity contribution in [1.82, 2.24) is 14.9 Å². The maximum absolute atomic E-state index is 12.8. The van der Waals surface area contributed by atoms with Gasteiger partial charge in [0.05, 0.1) is 11.7 Å². The largest absolute Gasteiger partial charge is 0.480 e. The third kappa shape index (κ3) is 5.34. The number of carboxylic acids is 1. The molecule has 1 atom stereocenters. The number of aliphatic carboxylic acids is 1. The van der Waals surface area contributed by atoms with Crippen LogP contribution in [0.15, 0.2) is 73.2 Å². The summed E-state index contributed by atoms with van der Waals surface area (Å²) in [4.78, 5) is 41.8. The van der Waals surface area contributed by atoms with E-state index in [0.717, 1.165) is 22.3 Å². The van der Waals surface area contributed by atoms with Crippen LogP contribution in [0.5, 0.6) is 0 Å². The lowest BCUT2D eigenvalue weighted by molar-refractivity contribution is -0.139. The van der Waals surface area contributed by atoms with E-state index in [-0.39, 0.29) is 18.9 Å². The number of nitrogens with zero attached hydrogens (tertiary/aromatic N) is 2. The predicted molar refractivity (Wildman–Crippen MR) is 145 cm³/mol. The number of alkyl carbamates (subject to hydrolysis) is 1. The van der Waals surface area contributed by atoms with E-state index in [2.05, 4.69) is 10.3 Å². The van der Waals surface area contributed by atoms with E-state index in [9.17, 15) is 19.5 Å². The lowest BCUT2D eigenvalue weighted by Gasteiger charge is -2.19. The number of fused-ring (bicyclic) bond motifs is 4. The summed E-state index contributed by atoms with van der Waals surface area (Å²) in [5.74, 6) is -1.37. The number of amides is 1. The van der Waals surface area contributed by atoms with Crippen molar-refractivity contribution in [3.63, 3.8) is 0 Å². The van der Waals surface area contributed by atoms with Gasteiger partial charge in [-0.05, 0) is 54.7 Å². The number of hydrogen-bond acceptors (Lipinski definition) is 6. The summed E-state index contributed by atoms with van der Waals surface area (Å²) in [5.41, 5.74) is 4.62. The molecule has 9 heteroatoms. The molecule has 0 fully saturated rings. The number of carbonyl (C=O) groups is 3. The average molecular weight is 528 g/mol. The normalized spacial score (nSPS) is 13.4. The Hall–Kier alpha value is -4.66. The van der Waals surface area contributed by atoms with Gasteiger partial charge in [-0.2, -0.15) is 0 Å².